The lowest BCUT2D eigenvalue weighted by Crippen LogP contribution is -2.36. The highest BCUT2D eigenvalue weighted by atomic mass is 19.2. The molecule has 0 heterocycles. The van der Waals surface area contributed by atoms with Gasteiger partial charge >= 0.3 is 0 Å². The van der Waals surface area contributed by atoms with E-state index in [0.717, 1.165) is 25.7 Å². The van der Waals surface area contributed by atoms with Crippen molar-refractivity contribution in [2.75, 3.05) is 13.2 Å². The average Bonchev–Trinajstić information content (AvgIpc) is 3.00. The van der Waals surface area contributed by atoms with Crippen molar-refractivity contribution in [3.8, 4) is 0 Å². The Morgan fingerprint density at radius 1 is 0.857 bits per heavy atom. The molecule has 0 unspecified atom stereocenters. The van der Waals surface area contributed by atoms with E-state index in [1.54, 1.807) is 4.90 Å². The zero-order chi connectivity index (χ0) is 15.6. The van der Waals surface area contributed by atoms with E-state index in [2.05, 4.69) is 0 Å². The average molecular weight is 309 g/mol. The summed E-state index contributed by atoms with van der Waals surface area (Å²) in [5.41, 5.74) is -0.841. The maximum Gasteiger partial charge on any atom is 0.200 e. The van der Waals surface area contributed by atoms with E-state index in [1.807, 2.05) is 0 Å². The van der Waals surface area contributed by atoms with Crippen molar-refractivity contribution in [1.82, 2.24) is 4.90 Å². The lowest BCUT2D eigenvalue weighted by molar-refractivity contribution is 0.140. The number of aliphatic hydroxyl groups excluding tert-OH is 1. The van der Waals surface area contributed by atoms with Gasteiger partial charge in [0.25, 0.3) is 0 Å². The fourth-order valence-corrected chi connectivity index (χ4v) is 2.78. The molecule has 118 valence electrons. The maximum atomic E-state index is 13.7. The summed E-state index contributed by atoms with van der Waals surface area (Å²) in [5, 5.41) is 9.03. The third kappa shape index (κ3) is 3.18. The minimum Gasteiger partial charge on any atom is -0.395 e. The third-order valence-electron chi connectivity index (χ3n) is 3.89. The second kappa shape index (κ2) is 6.70. The van der Waals surface area contributed by atoms with E-state index >= 15 is 0 Å². The normalized spacial score (nSPS) is 16.1. The fourth-order valence-electron chi connectivity index (χ4n) is 2.78. The van der Waals surface area contributed by atoms with Gasteiger partial charge in [-0.15, -0.1) is 0 Å². The molecule has 7 heteroatoms. The van der Waals surface area contributed by atoms with Gasteiger partial charge in [0, 0.05) is 24.7 Å². The summed E-state index contributed by atoms with van der Waals surface area (Å²) in [5.74, 6) is -9.61. The van der Waals surface area contributed by atoms with E-state index in [-0.39, 0.29) is 19.2 Å². The minimum atomic E-state index is -2.15. The molecule has 0 aromatic heterocycles. The maximum absolute atomic E-state index is 13.7. The van der Waals surface area contributed by atoms with Crippen LogP contribution in [0, 0.1) is 29.1 Å². The third-order valence-corrected chi connectivity index (χ3v) is 3.89. The van der Waals surface area contributed by atoms with Crippen LogP contribution in [0.1, 0.15) is 31.2 Å². The lowest BCUT2D eigenvalue weighted by atomic mass is 10.1. The van der Waals surface area contributed by atoms with E-state index in [9.17, 15) is 22.0 Å². The second-order valence-corrected chi connectivity index (χ2v) is 5.18. The molecule has 1 N–H and O–H groups in total. The van der Waals surface area contributed by atoms with E-state index in [4.69, 9.17) is 5.11 Å². The van der Waals surface area contributed by atoms with Crippen molar-refractivity contribution in [3.05, 3.63) is 34.6 Å². The van der Waals surface area contributed by atoms with E-state index < -0.39 is 41.2 Å². The molecule has 1 fully saturated rings. The van der Waals surface area contributed by atoms with Crippen molar-refractivity contribution < 1.29 is 27.1 Å². The van der Waals surface area contributed by atoms with Gasteiger partial charge in [0.15, 0.2) is 23.3 Å². The van der Waals surface area contributed by atoms with Crippen LogP contribution in [0.4, 0.5) is 22.0 Å². The highest BCUT2D eigenvalue weighted by Crippen LogP contribution is 2.28. The molecule has 21 heavy (non-hydrogen) atoms. The summed E-state index contributed by atoms with van der Waals surface area (Å²) in [6.45, 7) is -0.521. The van der Waals surface area contributed by atoms with Crippen molar-refractivity contribution in [2.45, 2.75) is 38.3 Å². The van der Waals surface area contributed by atoms with Gasteiger partial charge in [0.2, 0.25) is 5.82 Å². The molecule has 0 aliphatic heterocycles. The number of aliphatic hydroxyl groups is 1. The van der Waals surface area contributed by atoms with E-state index in [1.165, 1.54) is 0 Å². The molecule has 0 saturated heterocycles. The summed E-state index contributed by atoms with van der Waals surface area (Å²) >= 11 is 0. The van der Waals surface area contributed by atoms with Crippen molar-refractivity contribution in [3.63, 3.8) is 0 Å². The lowest BCUT2D eigenvalue weighted by Gasteiger charge is -2.28. The summed E-state index contributed by atoms with van der Waals surface area (Å²) in [6.07, 6.45) is 3.47. The zero-order valence-electron chi connectivity index (χ0n) is 11.3. The Hall–Kier alpha value is -1.21. The molecule has 0 bridgehead atoms. The highest BCUT2D eigenvalue weighted by Gasteiger charge is 2.29. The molecule has 1 aromatic carbocycles. The standard InChI is InChI=1S/C14H16F5NO/c15-10-9(11(16)13(18)14(19)12(10)17)7-20(5-6-21)8-3-1-2-4-8/h8,21H,1-7H2. The molecule has 0 amide bonds. The van der Waals surface area contributed by atoms with Gasteiger partial charge in [-0.2, -0.15) is 0 Å². The fraction of sp³-hybridized carbons (Fsp3) is 0.571. The van der Waals surface area contributed by atoms with Gasteiger partial charge < -0.3 is 5.11 Å². The Morgan fingerprint density at radius 2 is 1.33 bits per heavy atom. The molecule has 1 aromatic rings. The Bertz CT molecular complexity index is 488. The van der Waals surface area contributed by atoms with Crippen LogP contribution in [-0.2, 0) is 6.54 Å². The Balaban J connectivity index is 2.32. The van der Waals surface area contributed by atoms with Crippen LogP contribution < -0.4 is 0 Å². The largest absolute Gasteiger partial charge is 0.395 e. The quantitative estimate of drug-likeness (QED) is 0.513. The molecule has 0 atom stereocenters. The first-order chi connectivity index (χ1) is 9.97. The number of hydrogen-bond acceptors (Lipinski definition) is 2. The number of hydrogen-bond donors (Lipinski definition) is 1. The van der Waals surface area contributed by atoms with Gasteiger partial charge in [-0.1, -0.05) is 12.8 Å². The van der Waals surface area contributed by atoms with Crippen LogP contribution in [0.2, 0.25) is 0 Å². The molecule has 1 saturated carbocycles. The predicted octanol–water partition coefficient (Wildman–Crippen LogP) is 3.12. The first kappa shape index (κ1) is 16.2. The summed E-state index contributed by atoms with van der Waals surface area (Å²) in [4.78, 5) is 1.57. The number of halogens is 5. The van der Waals surface area contributed by atoms with Crippen molar-refractivity contribution in [2.24, 2.45) is 0 Å². The van der Waals surface area contributed by atoms with Crippen LogP contribution in [0.3, 0.4) is 0 Å². The first-order valence-electron chi connectivity index (χ1n) is 6.82. The molecule has 2 nitrogen and oxygen atoms in total. The molecular weight excluding hydrogens is 293 g/mol. The van der Waals surface area contributed by atoms with Gasteiger partial charge in [-0.3, -0.25) is 4.90 Å². The Morgan fingerprint density at radius 3 is 1.81 bits per heavy atom. The Labute approximate surface area is 119 Å². The number of nitrogens with zero attached hydrogens (tertiary/aromatic N) is 1. The van der Waals surface area contributed by atoms with Crippen LogP contribution in [0.25, 0.3) is 0 Å². The van der Waals surface area contributed by atoms with Gasteiger partial charge in [-0.05, 0) is 12.8 Å². The molecule has 2 rings (SSSR count). The van der Waals surface area contributed by atoms with Gasteiger partial charge in [-0.25, -0.2) is 22.0 Å². The second-order valence-electron chi connectivity index (χ2n) is 5.18. The zero-order valence-corrected chi connectivity index (χ0v) is 11.3. The number of benzene rings is 1. The van der Waals surface area contributed by atoms with Crippen molar-refractivity contribution >= 4 is 0 Å². The smallest absolute Gasteiger partial charge is 0.200 e. The summed E-state index contributed by atoms with van der Waals surface area (Å²) in [6, 6.07) is -0.00729. The Kier molecular flexibility index (Phi) is 5.16. The first-order valence-corrected chi connectivity index (χ1v) is 6.82. The van der Waals surface area contributed by atoms with Gasteiger partial charge in [0.05, 0.1) is 6.61 Å². The van der Waals surface area contributed by atoms with Gasteiger partial charge in [0.1, 0.15) is 0 Å². The number of rotatable bonds is 5. The van der Waals surface area contributed by atoms with E-state index in [0.29, 0.717) is 0 Å². The van der Waals surface area contributed by atoms with Crippen LogP contribution in [-0.4, -0.2) is 29.2 Å². The van der Waals surface area contributed by atoms with Crippen LogP contribution in [0.5, 0.6) is 0 Å². The predicted molar refractivity (Wildman–Crippen MR) is 66.0 cm³/mol. The molecule has 1 aliphatic rings. The summed E-state index contributed by atoms with van der Waals surface area (Å²) in [7, 11) is 0. The van der Waals surface area contributed by atoms with Crippen molar-refractivity contribution in [1.29, 1.82) is 0 Å². The SMILES string of the molecule is OCCN(Cc1c(F)c(F)c(F)c(F)c1F)C1CCCC1. The molecule has 0 radical (unpaired) electrons. The molecule has 0 spiro atoms. The van der Waals surface area contributed by atoms with Crippen LogP contribution >= 0.6 is 0 Å². The molecular formula is C14H16F5NO. The minimum absolute atomic E-state index is 0.00729. The van der Waals surface area contributed by atoms with Crippen LogP contribution in [0.15, 0.2) is 0 Å². The topological polar surface area (TPSA) is 23.5 Å². The molecule has 1 aliphatic carbocycles. The monoisotopic (exact) mass is 309 g/mol. The highest BCUT2D eigenvalue weighted by molar-refractivity contribution is 5.24. The summed E-state index contributed by atoms with van der Waals surface area (Å²) < 4.78 is 66.7.